The number of hydrogen-bond donors (Lipinski definition) is 1. The van der Waals surface area contributed by atoms with Crippen molar-refractivity contribution in [1.82, 2.24) is 0 Å². The van der Waals surface area contributed by atoms with Crippen LogP contribution >= 0.6 is 0 Å². The molecule has 144 valence electrons. The van der Waals surface area contributed by atoms with Crippen LogP contribution in [0.3, 0.4) is 0 Å². The van der Waals surface area contributed by atoms with Gasteiger partial charge >= 0.3 is 5.97 Å². The smallest absolute Gasteiger partial charge is 0.338 e. The van der Waals surface area contributed by atoms with Crippen molar-refractivity contribution < 1.29 is 22.7 Å². The van der Waals surface area contributed by atoms with Crippen LogP contribution in [0.25, 0.3) is 0 Å². The van der Waals surface area contributed by atoms with Gasteiger partial charge in [-0.1, -0.05) is 18.2 Å². The number of amides is 1. The highest BCUT2D eigenvalue weighted by Gasteiger charge is 2.29. The minimum atomic E-state index is -3.67. The molecule has 0 saturated carbocycles. The second kappa shape index (κ2) is 8.68. The van der Waals surface area contributed by atoms with Gasteiger partial charge in [0.05, 0.1) is 24.1 Å². The van der Waals surface area contributed by atoms with Gasteiger partial charge in [-0.25, -0.2) is 13.2 Å². The Balaban J connectivity index is 2.17. The average Bonchev–Trinajstić information content (AvgIpc) is 2.62. The zero-order chi connectivity index (χ0) is 20.0. The second-order valence-electron chi connectivity index (χ2n) is 5.86. The van der Waals surface area contributed by atoms with Crippen molar-refractivity contribution in [2.24, 2.45) is 0 Å². The van der Waals surface area contributed by atoms with Gasteiger partial charge in [-0.15, -0.1) is 0 Å². The summed E-state index contributed by atoms with van der Waals surface area (Å²) in [6.07, 6.45) is 1.05. The predicted octanol–water partition coefficient (Wildman–Crippen LogP) is 2.66. The van der Waals surface area contributed by atoms with Gasteiger partial charge < -0.3 is 10.1 Å². The Hall–Kier alpha value is -2.87. The van der Waals surface area contributed by atoms with E-state index in [0.29, 0.717) is 16.9 Å². The lowest BCUT2D eigenvalue weighted by molar-refractivity contribution is -0.116. The van der Waals surface area contributed by atoms with Crippen LogP contribution in [0, 0.1) is 0 Å². The van der Waals surface area contributed by atoms with Crippen LogP contribution in [0.2, 0.25) is 0 Å². The molecule has 2 aromatic rings. The molecule has 1 atom stereocenters. The number of carbonyl (C=O) groups excluding carboxylic acids is 2. The Labute approximate surface area is 159 Å². The first-order valence-electron chi connectivity index (χ1n) is 8.36. The van der Waals surface area contributed by atoms with E-state index in [0.717, 1.165) is 10.6 Å². The molecule has 2 aromatic carbocycles. The highest BCUT2D eigenvalue weighted by atomic mass is 32.2. The van der Waals surface area contributed by atoms with Crippen LogP contribution in [0.15, 0.2) is 54.6 Å². The predicted molar refractivity (Wildman–Crippen MR) is 104 cm³/mol. The molecule has 0 heterocycles. The molecule has 0 radical (unpaired) electrons. The largest absolute Gasteiger partial charge is 0.462 e. The Morgan fingerprint density at radius 1 is 1.07 bits per heavy atom. The monoisotopic (exact) mass is 390 g/mol. The van der Waals surface area contributed by atoms with E-state index in [2.05, 4.69) is 5.32 Å². The number of benzene rings is 2. The maximum absolute atomic E-state index is 12.6. The number of ether oxygens (including phenoxy) is 1. The zero-order valence-electron chi connectivity index (χ0n) is 15.4. The van der Waals surface area contributed by atoms with E-state index in [-0.39, 0.29) is 6.61 Å². The van der Waals surface area contributed by atoms with Crippen LogP contribution in [0.4, 0.5) is 11.4 Å². The molecule has 1 unspecified atom stereocenters. The maximum atomic E-state index is 12.6. The SMILES string of the molecule is CCOC(=O)c1ccc(NC(=O)C(C)N(c2ccccc2)S(C)(=O)=O)cc1. The van der Waals surface area contributed by atoms with Crippen LogP contribution in [0.5, 0.6) is 0 Å². The summed E-state index contributed by atoms with van der Waals surface area (Å²) in [6.45, 7) is 3.50. The summed E-state index contributed by atoms with van der Waals surface area (Å²) in [5.74, 6) is -0.941. The summed E-state index contributed by atoms with van der Waals surface area (Å²) in [5.41, 5.74) is 1.21. The quantitative estimate of drug-likeness (QED) is 0.734. The van der Waals surface area contributed by atoms with Gasteiger partial charge in [0.1, 0.15) is 6.04 Å². The third-order valence-corrected chi connectivity index (χ3v) is 5.00. The van der Waals surface area contributed by atoms with E-state index < -0.39 is 27.9 Å². The zero-order valence-corrected chi connectivity index (χ0v) is 16.2. The number of esters is 1. The minimum absolute atomic E-state index is 0.273. The fraction of sp³-hybridized carbons (Fsp3) is 0.263. The molecule has 0 aliphatic heterocycles. The normalized spacial score (nSPS) is 12.1. The maximum Gasteiger partial charge on any atom is 0.338 e. The Kier molecular flexibility index (Phi) is 6.57. The first-order chi connectivity index (χ1) is 12.7. The highest BCUT2D eigenvalue weighted by Crippen LogP contribution is 2.21. The van der Waals surface area contributed by atoms with Crippen molar-refractivity contribution in [3.05, 3.63) is 60.2 Å². The summed E-state index contributed by atoms with van der Waals surface area (Å²) in [6, 6.07) is 13.6. The molecular weight excluding hydrogens is 368 g/mol. The van der Waals surface area contributed by atoms with Gasteiger partial charge in [-0.3, -0.25) is 9.10 Å². The topological polar surface area (TPSA) is 92.8 Å². The molecule has 8 heteroatoms. The Morgan fingerprint density at radius 2 is 1.67 bits per heavy atom. The van der Waals surface area contributed by atoms with Gasteiger partial charge in [0.15, 0.2) is 0 Å². The molecule has 27 heavy (non-hydrogen) atoms. The van der Waals surface area contributed by atoms with E-state index in [9.17, 15) is 18.0 Å². The van der Waals surface area contributed by atoms with E-state index in [1.807, 2.05) is 0 Å². The number of rotatable bonds is 7. The van der Waals surface area contributed by atoms with Crippen molar-refractivity contribution in [3.8, 4) is 0 Å². The summed E-state index contributed by atoms with van der Waals surface area (Å²) in [7, 11) is -3.67. The minimum Gasteiger partial charge on any atom is -0.462 e. The van der Waals surface area contributed by atoms with Crippen LogP contribution < -0.4 is 9.62 Å². The highest BCUT2D eigenvalue weighted by molar-refractivity contribution is 7.92. The number of nitrogens with zero attached hydrogens (tertiary/aromatic N) is 1. The van der Waals surface area contributed by atoms with Gasteiger partial charge in [0, 0.05) is 5.69 Å². The third kappa shape index (κ3) is 5.30. The molecule has 0 aromatic heterocycles. The number of sulfonamides is 1. The lowest BCUT2D eigenvalue weighted by Gasteiger charge is -2.28. The Morgan fingerprint density at radius 3 is 2.19 bits per heavy atom. The molecule has 0 bridgehead atoms. The van der Waals surface area contributed by atoms with Crippen molar-refractivity contribution in [1.29, 1.82) is 0 Å². The summed E-state index contributed by atoms with van der Waals surface area (Å²) >= 11 is 0. The van der Waals surface area contributed by atoms with Crippen LogP contribution in [0.1, 0.15) is 24.2 Å². The molecule has 1 amide bonds. The first-order valence-corrected chi connectivity index (χ1v) is 10.2. The number of anilines is 2. The molecule has 1 N–H and O–H groups in total. The number of hydrogen-bond acceptors (Lipinski definition) is 5. The van der Waals surface area contributed by atoms with Gasteiger partial charge in [0.2, 0.25) is 15.9 Å². The summed E-state index contributed by atoms with van der Waals surface area (Å²) in [4.78, 5) is 24.2. The molecule has 0 aliphatic rings. The van der Waals surface area contributed by atoms with Crippen LogP contribution in [-0.2, 0) is 19.6 Å². The second-order valence-corrected chi connectivity index (χ2v) is 7.72. The van der Waals surface area contributed by atoms with Crippen molar-refractivity contribution >= 4 is 33.3 Å². The van der Waals surface area contributed by atoms with Gasteiger partial charge in [-0.05, 0) is 50.2 Å². The summed E-state index contributed by atoms with van der Waals surface area (Å²) in [5, 5.41) is 2.66. The lowest BCUT2D eigenvalue weighted by atomic mass is 10.2. The van der Waals surface area contributed by atoms with Crippen molar-refractivity contribution in [3.63, 3.8) is 0 Å². The number of nitrogens with one attached hydrogen (secondary N) is 1. The third-order valence-electron chi connectivity index (χ3n) is 3.76. The first kappa shape index (κ1) is 20.4. The fourth-order valence-corrected chi connectivity index (χ4v) is 3.71. The van der Waals surface area contributed by atoms with E-state index in [4.69, 9.17) is 4.74 Å². The van der Waals surface area contributed by atoms with Gasteiger partial charge in [0.25, 0.3) is 0 Å². The molecule has 0 spiro atoms. The Bertz CT molecular complexity index is 895. The van der Waals surface area contributed by atoms with E-state index in [1.165, 1.54) is 19.1 Å². The lowest BCUT2D eigenvalue weighted by Crippen LogP contribution is -2.45. The molecular formula is C19H22N2O5S. The molecule has 2 rings (SSSR count). The number of carbonyl (C=O) groups is 2. The number of para-hydroxylation sites is 1. The van der Waals surface area contributed by atoms with Gasteiger partial charge in [-0.2, -0.15) is 0 Å². The summed E-state index contributed by atoms with van der Waals surface area (Å²) < 4.78 is 30.4. The molecule has 0 aliphatic carbocycles. The molecule has 0 fully saturated rings. The molecule has 0 saturated heterocycles. The average molecular weight is 390 g/mol. The van der Waals surface area contributed by atoms with Crippen molar-refractivity contribution in [2.45, 2.75) is 19.9 Å². The fourth-order valence-electron chi connectivity index (χ4n) is 2.53. The van der Waals surface area contributed by atoms with Crippen molar-refractivity contribution in [2.75, 3.05) is 22.5 Å². The molecule has 7 nitrogen and oxygen atoms in total. The van der Waals surface area contributed by atoms with Crippen LogP contribution in [-0.4, -0.2) is 39.2 Å². The van der Waals surface area contributed by atoms with E-state index in [1.54, 1.807) is 49.4 Å². The van der Waals surface area contributed by atoms with E-state index >= 15 is 0 Å². The standard InChI is InChI=1S/C19H22N2O5S/c1-4-26-19(23)15-10-12-16(13-11-15)20-18(22)14(2)21(27(3,24)25)17-8-6-5-7-9-17/h5-14H,4H2,1-3H3,(H,20,22).